The third-order valence-corrected chi connectivity index (χ3v) is 5.87. The number of halogens is 1. The van der Waals surface area contributed by atoms with Gasteiger partial charge in [0.25, 0.3) is 0 Å². The zero-order valence-corrected chi connectivity index (χ0v) is 17.7. The standard InChI is InChI=1S/C20H27ClN2O3S/c1-15(2)23(16(3)4)13-12-22-27(24,25)20-10-8-18(9-11-20)26-19-7-5-6-17(21)14-19/h5-11,14-16,22H,12-13H2,1-4H3. The minimum Gasteiger partial charge on any atom is -0.457 e. The molecule has 1 N–H and O–H groups in total. The van der Waals surface area contributed by atoms with E-state index in [0.717, 1.165) is 0 Å². The van der Waals surface area contributed by atoms with Crippen molar-refractivity contribution >= 4 is 21.6 Å². The van der Waals surface area contributed by atoms with Crippen molar-refractivity contribution in [1.29, 1.82) is 0 Å². The van der Waals surface area contributed by atoms with Gasteiger partial charge in [0, 0.05) is 30.2 Å². The van der Waals surface area contributed by atoms with Gasteiger partial charge in [0.2, 0.25) is 10.0 Å². The minimum absolute atomic E-state index is 0.210. The molecule has 0 saturated heterocycles. The summed E-state index contributed by atoms with van der Waals surface area (Å²) in [6.07, 6.45) is 0. The molecule has 0 fully saturated rings. The van der Waals surface area contributed by atoms with Gasteiger partial charge >= 0.3 is 0 Å². The molecule has 27 heavy (non-hydrogen) atoms. The Balaban J connectivity index is 1.98. The second-order valence-corrected chi connectivity index (χ2v) is 9.06. The van der Waals surface area contributed by atoms with Crippen molar-refractivity contribution in [1.82, 2.24) is 9.62 Å². The van der Waals surface area contributed by atoms with Crippen LogP contribution in [0, 0.1) is 0 Å². The third-order valence-electron chi connectivity index (χ3n) is 4.15. The molecule has 5 nitrogen and oxygen atoms in total. The van der Waals surface area contributed by atoms with Gasteiger partial charge in [-0.15, -0.1) is 0 Å². The summed E-state index contributed by atoms with van der Waals surface area (Å²) in [5, 5.41) is 0.577. The Morgan fingerprint density at radius 1 is 1.00 bits per heavy atom. The summed E-state index contributed by atoms with van der Waals surface area (Å²) in [4.78, 5) is 2.45. The Morgan fingerprint density at radius 3 is 2.19 bits per heavy atom. The van der Waals surface area contributed by atoms with E-state index in [2.05, 4.69) is 37.3 Å². The second-order valence-electron chi connectivity index (χ2n) is 6.85. The predicted octanol–water partition coefficient (Wildman–Crippen LogP) is 4.53. The SMILES string of the molecule is CC(C)N(CCNS(=O)(=O)c1ccc(Oc2cccc(Cl)c2)cc1)C(C)C. The second kappa shape index (κ2) is 9.55. The number of nitrogens with zero attached hydrogens (tertiary/aromatic N) is 1. The van der Waals surface area contributed by atoms with Crippen molar-refractivity contribution in [2.24, 2.45) is 0 Å². The molecular formula is C20H27ClN2O3S. The highest BCUT2D eigenvalue weighted by Gasteiger charge is 2.17. The highest BCUT2D eigenvalue weighted by Crippen LogP contribution is 2.25. The van der Waals surface area contributed by atoms with Gasteiger partial charge in [-0.05, 0) is 70.2 Å². The smallest absolute Gasteiger partial charge is 0.240 e. The van der Waals surface area contributed by atoms with Gasteiger partial charge in [0.15, 0.2) is 0 Å². The minimum atomic E-state index is -3.56. The van der Waals surface area contributed by atoms with Crippen molar-refractivity contribution in [3.05, 3.63) is 53.6 Å². The highest BCUT2D eigenvalue weighted by atomic mass is 35.5. The molecule has 0 aromatic heterocycles. The van der Waals surface area contributed by atoms with Gasteiger partial charge in [-0.1, -0.05) is 17.7 Å². The van der Waals surface area contributed by atoms with Crippen LogP contribution in [0.15, 0.2) is 53.4 Å². The van der Waals surface area contributed by atoms with Crippen molar-refractivity contribution in [3.8, 4) is 11.5 Å². The van der Waals surface area contributed by atoms with Gasteiger partial charge in [0.05, 0.1) is 4.90 Å². The molecule has 2 aromatic carbocycles. The van der Waals surface area contributed by atoms with Crippen molar-refractivity contribution in [2.45, 2.75) is 44.7 Å². The molecule has 0 amide bonds. The molecular weight excluding hydrogens is 384 g/mol. The molecule has 0 radical (unpaired) electrons. The zero-order chi connectivity index (χ0) is 20.0. The number of sulfonamides is 1. The van der Waals surface area contributed by atoms with E-state index in [4.69, 9.17) is 16.3 Å². The molecule has 0 aliphatic heterocycles. The Morgan fingerprint density at radius 2 is 1.63 bits per heavy atom. The van der Waals surface area contributed by atoms with Gasteiger partial charge in [-0.2, -0.15) is 0 Å². The predicted molar refractivity (Wildman–Crippen MR) is 110 cm³/mol. The summed E-state index contributed by atoms with van der Waals surface area (Å²) in [5.74, 6) is 1.14. The number of hydrogen-bond donors (Lipinski definition) is 1. The van der Waals surface area contributed by atoms with Gasteiger partial charge in [-0.3, -0.25) is 4.90 Å². The Labute approximate surface area is 167 Å². The molecule has 7 heteroatoms. The Hall–Kier alpha value is -1.60. The fraction of sp³-hybridized carbons (Fsp3) is 0.400. The first-order chi connectivity index (χ1) is 12.7. The first kappa shape index (κ1) is 21.7. The molecule has 0 aliphatic carbocycles. The molecule has 0 heterocycles. The quantitative estimate of drug-likeness (QED) is 0.659. The number of hydrogen-bond acceptors (Lipinski definition) is 4. The molecule has 0 bridgehead atoms. The summed E-state index contributed by atoms with van der Waals surface area (Å²) >= 11 is 5.93. The van der Waals surface area contributed by atoms with Crippen molar-refractivity contribution in [2.75, 3.05) is 13.1 Å². The largest absolute Gasteiger partial charge is 0.457 e. The first-order valence-corrected chi connectivity index (χ1v) is 10.8. The zero-order valence-electron chi connectivity index (χ0n) is 16.1. The maximum atomic E-state index is 12.5. The van der Waals surface area contributed by atoms with Gasteiger partial charge in [-0.25, -0.2) is 13.1 Å². The normalized spacial score (nSPS) is 12.1. The molecule has 2 rings (SSSR count). The van der Waals surface area contributed by atoms with Crippen LogP contribution in [-0.2, 0) is 10.0 Å². The number of ether oxygens (including phenoxy) is 1. The molecule has 0 saturated carbocycles. The van der Waals surface area contributed by atoms with E-state index in [-0.39, 0.29) is 4.90 Å². The topological polar surface area (TPSA) is 58.6 Å². The maximum Gasteiger partial charge on any atom is 0.240 e. The van der Waals surface area contributed by atoms with Crippen molar-refractivity contribution < 1.29 is 13.2 Å². The lowest BCUT2D eigenvalue weighted by Crippen LogP contribution is -2.42. The Kier molecular flexibility index (Phi) is 7.68. The van der Waals surface area contributed by atoms with Crippen LogP contribution in [0.1, 0.15) is 27.7 Å². The summed E-state index contributed by atoms with van der Waals surface area (Å²) < 4.78 is 33.3. The van der Waals surface area contributed by atoms with E-state index in [1.54, 1.807) is 36.4 Å². The van der Waals surface area contributed by atoms with E-state index >= 15 is 0 Å². The lowest BCUT2D eigenvalue weighted by Gasteiger charge is -2.30. The van der Waals surface area contributed by atoms with Gasteiger partial charge < -0.3 is 4.74 Å². The first-order valence-electron chi connectivity index (χ1n) is 8.98. The number of benzene rings is 2. The van der Waals surface area contributed by atoms with Crippen LogP contribution >= 0.6 is 11.6 Å². The average molecular weight is 411 g/mol. The van der Waals surface area contributed by atoms with Crippen LogP contribution in [0.2, 0.25) is 5.02 Å². The summed E-state index contributed by atoms with van der Waals surface area (Å²) in [7, 11) is -3.56. The lowest BCUT2D eigenvalue weighted by molar-refractivity contribution is 0.179. The third kappa shape index (κ3) is 6.50. The van der Waals surface area contributed by atoms with E-state index in [9.17, 15) is 8.42 Å². The summed E-state index contributed by atoms with van der Waals surface area (Å²) in [5.41, 5.74) is 0. The van der Waals surface area contributed by atoms with E-state index in [1.165, 1.54) is 12.1 Å². The molecule has 0 aliphatic rings. The monoisotopic (exact) mass is 410 g/mol. The summed E-state index contributed by atoms with van der Waals surface area (Å²) in [6, 6.07) is 14.1. The van der Waals surface area contributed by atoms with Crippen LogP contribution in [0.4, 0.5) is 0 Å². The molecule has 0 unspecified atom stereocenters. The lowest BCUT2D eigenvalue weighted by atomic mass is 10.2. The van der Waals surface area contributed by atoms with E-state index in [0.29, 0.717) is 41.7 Å². The maximum absolute atomic E-state index is 12.5. The Bertz CT molecular complexity index is 829. The van der Waals surface area contributed by atoms with Crippen LogP contribution < -0.4 is 9.46 Å². The molecule has 0 spiro atoms. The average Bonchev–Trinajstić information content (AvgIpc) is 2.58. The van der Waals surface area contributed by atoms with E-state index in [1.807, 2.05) is 0 Å². The molecule has 0 atom stereocenters. The van der Waals surface area contributed by atoms with Crippen molar-refractivity contribution in [3.63, 3.8) is 0 Å². The highest BCUT2D eigenvalue weighted by molar-refractivity contribution is 7.89. The van der Waals surface area contributed by atoms with Gasteiger partial charge in [0.1, 0.15) is 11.5 Å². The molecule has 148 valence electrons. The number of nitrogens with one attached hydrogen (secondary N) is 1. The fourth-order valence-electron chi connectivity index (χ4n) is 2.86. The summed E-state index contributed by atoms with van der Waals surface area (Å²) in [6.45, 7) is 9.44. The van der Waals surface area contributed by atoms with Crippen LogP contribution in [-0.4, -0.2) is 38.5 Å². The molecule has 2 aromatic rings. The van der Waals surface area contributed by atoms with Crippen LogP contribution in [0.3, 0.4) is 0 Å². The fourth-order valence-corrected chi connectivity index (χ4v) is 4.06. The number of rotatable bonds is 9. The van der Waals surface area contributed by atoms with Crippen LogP contribution in [0.25, 0.3) is 0 Å². The van der Waals surface area contributed by atoms with Crippen LogP contribution in [0.5, 0.6) is 11.5 Å². The van der Waals surface area contributed by atoms with E-state index < -0.39 is 10.0 Å².